The smallest absolute Gasteiger partial charge is 0.383 e. The molecule has 0 spiro atoms. The van der Waals surface area contributed by atoms with Crippen molar-refractivity contribution in [1.82, 2.24) is 25.1 Å². The number of carbonyl (C=O) groups excluding carboxylic acids is 2. The Bertz CT molecular complexity index is 1670. The largest absolute Gasteiger partial charge is 0.416 e. The van der Waals surface area contributed by atoms with Crippen LogP contribution in [0.5, 0.6) is 0 Å². The van der Waals surface area contributed by atoms with Crippen LogP contribution >= 0.6 is 0 Å². The number of anilines is 2. The topological polar surface area (TPSA) is 137 Å². The standard InChI is InChI=1S/C30H30F3N7O3/c1-18-10-13-40-27-21(4-2-3-14-43-15-11-24(41)37-18)17-36-28(34)25(27)26(39-40)19-5-7-20(8-6-19)29(42)38-23-16-22(9-12-35-23)30(31,32)33/h2,4-9,12,16-18H,3,10-11,13-15H2,1H3,(H2,34,36)(H,37,41)(H,35,38,42)/b4-2+/t18-/m1/s1. The maximum absolute atomic E-state index is 13.0. The average molecular weight is 594 g/mol. The molecule has 1 aliphatic rings. The first kappa shape index (κ1) is 29.7. The monoisotopic (exact) mass is 593 g/mol. The molecule has 0 saturated carbocycles. The van der Waals surface area contributed by atoms with Gasteiger partial charge in [-0.3, -0.25) is 14.3 Å². The summed E-state index contributed by atoms with van der Waals surface area (Å²) in [5, 5.41) is 10.9. The van der Waals surface area contributed by atoms with Crippen molar-refractivity contribution in [2.45, 2.75) is 44.9 Å². The van der Waals surface area contributed by atoms with Crippen molar-refractivity contribution in [3.63, 3.8) is 0 Å². The Morgan fingerprint density at radius 1 is 1.16 bits per heavy atom. The van der Waals surface area contributed by atoms with E-state index in [1.807, 2.05) is 23.8 Å². The van der Waals surface area contributed by atoms with E-state index in [4.69, 9.17) is 15.6 Å². The van der Waals surface area contributed by atoms with Crippen LogP contribution in [-0.2, 0) is 22.3 Å². The molecule has 0 fully saturated rings. The van der Waals surface area contributed by atoms with Crippen LogP contribution in [0.1, 0.15) is 47.7 Å². The van der Waals surface area contributed by atoms with Crippen molar-refractivity contribution in [3.05, 3.63) is 71.6 Å². The number of amides is 2. The highest BCUT2D eigenvalue weighted by Gasteiger charge is 2.31. The Morgan fingerprint density at radius 3 is 2.72 bits per heavy atom. The van der Waals surface area contributed by atoms with E-state index < -0.39 is 17.6 Å². The maximum Gasteiger partial charge on any atom is 0.416 e. The Morgan fingerprint density at radius 2 is 1.95 bits per heavy atom. The Kier molecular flexibility index (Phi) is 8.71. The van der Waals surface area contributed by atoms with Crippen LogP contribution in [0.15, 0.2) is 54.9 Å². The van der Waals surface area contributed by atoms with Crippen molar-refractivity contribution in [2.75, 3.05) is 24.3 Å². The number of rotatable bonds is 3. The molecule has 0 bridgehead atoms. The number of aryl methyl sites for hydroxylation is 1. The van der Waals surface area contributed by atoms with Gasteiger partial charge >= 0.3 is 6.18 Å². The highest BCUT2D eigenvalue weighted by Crippen LogP contribution is 2.34. The summed E-state index contributed by atoms with van der Waals surface area (Å²) in [6, 6.07) is 7.97. The molecule has 1 aromatic carbocycles. The molecule has 10 nitrogen and oxygen atoms in total. The minimum atomic E-state index is -4.56. The molecule has 0 aliphatic carbocycles. The van der Waals surface area contributed by atoms with Crippen molar-refractivity contribution in [2.24, 2.45) is 0 Å². The lowest BCUT2D eigenvalue weighted by Gasteiger charge is -2.14. The number of aromatic nitrogens is 4. The summed E-state index contributed by atoms with van der Waals surface area (Å²) in [4.78, 5) is 33.3. The summed E-state index contributed by atoms with van der Waals surface area (Å²) in [6.07, 6.45) is 3.58. The average Bonchev–Trinajstić information content (AvgIpc) is 3.36. The van der Waals surface area contributed by atoms with Crippen LogP contribution in [0, 0.1) is 0 Å². The number of nitrogens with one attached hydrogen (secondary N) is 2. The fraction of sp³-hybridized carbons (Fsp3) is 0.300. The van der Waals surface area contributed by atoms with Crippen LogP contribution in [-0.4, -0.2) is 50.8 Å². The number of carbonyl (C=O) groups is 2. The molecule has 43 heavy (non-hydrogen) atoms. The number of halogens is 3. The molecule has 1 aliphatic heterocycles. The highest BCUT2D eigenvalue weighted by molar-refractivity contribution is 6.06. The number of benzene rings is 1. The third-order valence-corrected chi connectivity index (χ3v) is 6.96. The molecule has 4 heterocycles. The van der Waals surface area contributed by atoms with E-state index in [0.29, 0.717) is 49.2 Å². The molecule has 3 aromatic heterocycles. The van der Waals surface area contributed by atoms with Crippen molar-refractivity contribution < 1.29 is 27.5 Å². The molecular weight excluding hydrogens is 563 g/mol. The molecule has 0 radical (unpaired) electrons. The van der Waals surface area contributed by atoms with Gasteiger partial charge in [-0.25, -0.2) is 9.97 Å². The lowest BCUT2D eigenvalue weighted by molar-refractivity contribution is -0.137. The number of nitrogens with two attached hydrogens (primary N) is 1. The van der Waals surface area contributed by atoms with E-state index in [1.165, 1.54) is 0 Å². The minimum Gasteiger partial charge on any atom is -0.383 e. The van der Waals surface area contributed by atoms with Gasteiger partial charge in [0.25, 0.3) is 5.91 Å². The summed E-state index contributed by atoms with van der Waals surface area (Å²) in [5.41, 5.74) is 8.50. The molecular formula is C30H30F3N7O3. The Balaban J connectivity index is 1.46. The van der Waals surface area contributed by atoms with Gasteiger partial charge in [0.15, 0.2) is 0 Å². The van der Waals surface area contributed by atoms with Gasteiger partial charge in [-0.05, 0) is 44.0 Å². The lowest BCUT2D eigenvalue weighted by atomic mass is 10.0. The van der Waals surface area contributed by atoms with Gasteiger partial charge in [0.05, 0.1) is 29.7 Å². The predicted octanol–water partition coefficient (Wildman–Crippen LogP) is 5.07. The highest BCUT2D eigenvalue weighted by atomic mass is 19.4. The van der Waals surface area contributed by atoms with Gasteiger partial charge in [0, 0.05) is 48.1 Å². The molecule has 2 amide bonds. The first-order valence-electron chi connectivity index (χ1n) is 13.7. The third kappa shape index (κ3) is 7.00. The zero-order valence-electron chi connectivity index (χ0n) is 23.3. The molecule has 0 unspecified atom stereocenters. The summed E-state index contributed by atoms with van der Waals surface area (Å²) >= 11 is 0. The number of ether oxygens (including phenoxy) is 1. The van der Waals surface area contributed by atoms with E-state index >= 15 is 0 Å². The third-order valence-electron chi connectivity index (χ3n) is 6.96. The van der Waals surface area contributed by atoms with E-state index in [2.05, 4.69) is 20.6 Å². The van der Waals surface area contributed by atoms with E-state index in [1.54, 1.807) is 30.5 Å². The number of hydrogen-bond donors (Lipinski definition) is 3. The zero-order chi connectivity index (χ0) is 30.6. The molecule has 4 aromatic rings. The second-order valence-corrected chi connectivity index (χ2v) is 10.2. The van der Waals surface area contributed by atoms with Gasteiger partial charge in [-0.1, -0.05) is 24.3 Å². The first-order valence-corrected chi connectivity index (χ1v) is 13.7. The van der Waals surface area contributed by atoms with E-state index in [9.17, 15) is 22.8 Å². The lowest BCUT2D eigenvalue weighted by Crippen LogP contribution is -2.34. The van der Waals surface area contributed by atoms with Crippen LogP contribution in [0.2, 0.25) is 0 Å². The van der Waals surface area contributed by atoms with Crippen LogP contribution in [0.3, 0.4) is 0 Å². The normalized spacial score (nSPS) is 17.5. The van der Waals surface area contributed by atoms with Gasteiger partial charge in [-0.2, -0.15) is 18.3 Å². The Labute approximate surface area is 245 Å². The van der Waals surface area contributed by atoms with Crippen molar-refractivity contribution in [3.8, 4) is 11.3 Å². The van der Waals surface area contributed by atoms with Gasteiger partial charge in [0.2, 0.25) is 5.91 Å². The number of alkyl halides is 3. The zero-order valence-corrected chi connectivity index (χ0v) is 23.3. The van der Waals surface area contributed by atoms with E-state index in [0.717, 1.165) is 29.4 Å². The van der Waals surface area contributed by atoms with Crippen LogP contribution in [0.4, 0.5) is 24.8 Å². The van der Waals surface area contributed by atoms with Gasteiger partial charge in [0.1, 0.15) is 17.3 Å². The fourth-order valence-electron chi connectivity index (χ4n) is 4.76. The molecule has 4 N–H and O–H groups in total. The van der Waals surface area contributed by atoms with Gasteiger partial charge in [-0.15, -0.1) is 0 Å². The van der Waals surface area contributed by atoms with Crippen molar-refractivity contribution in [1.29, 1.82) is 0 Å². The number of nitrogen functional groups attached to an aromatic ring is 1. The SMILES string of the molecule is C[C@@H]1CCn2nc(-c3ccc(C(=O)Nc4cc(C(F)(F)F)ccn4)cc3)c3c(N)ncc(c32)/C=C/CCOCCC(=O)N1. The van der Waals surface area contributed by atoms with Crippen LogP contribution in [0.25, 0.3) is 28.2 Å². The molecule has 13 heteroatoms. The minimum absolute atomic E-state index is 0.0778. The van der Waals surface area contributed by atoms with Crippen LogP contribution < -0.4 is 16.4 Å². The van der Waals surface area contributed by atoms with Gasteiger partial charge < -0.3 is 21.1 Å². The maximum atomic E-state index is 13.0. The fourth-order valence-corrected chi connectivity index (χ4v) is 4.76. The quantitative estimate of drug-likeness (QED) is 0.302. The predicted molar refractivity (Wildman–Crippen MR) is 156 cm³/mol. The van der Waals surface area contributed by atoms with Crippen molar-refractivity contribution >= 4 is 40.4 Å². The molecule has 5 rings (SSSR count). The molecule has 224 valence electrons. The molecule has 0 saturated heterocycles. The number of hydrogen-bond acceptors (Lipinski definition) is 7. The number of pyridine rings is 2. The number of nitrogens with zero attached hydrogens (tertiary/aromatic N) is 4. The second-order valence-electron chi connectivity index (χ2n) is 10.2. The summed E-state index contributed by atoms with van der Waals surface area (Å²) < 4.78 is 46.6. The summed E-state index contributed by atoms with van der Waals surface area (Å²) in [5.74, 6) is -0.619. The first-order chi connectivity index (χ1) is 20.6. The Hall–Kier alpha value is -4.78. The summed E-state index contributed by atoms with van der Waals surface area (Å²) in [7, 11) is 0. The van der Waals surface area contributed by atoms with E-state index in [-0.39, 0.29) is 35.6 Å². The molecule has 1 atom stereocenters. The second kappa shape index (κ2) is 12.6. The summed E-state index contributed by atoms with van der Waals surface area (Å²) in [6.45, 7) is 3.24.